The number of carboxylic acid groups (broad SMARTS) is 1. The van der Waals surface area contributed by atoms with Gasteiger partial charge in [-0.2, -0.15) is 0 Å². The Balaban J connectivity index is 2.34. The summed E-state index contributed by atoms with van der Waals surface area (Å²) < 4.78 is 13.0. The average molecular weight is 355 g/mol. The predicted octanol–water partition coefficient (Wildman–Crippen LogP) is 3.16. The Bertz CT molecular complexity index is 685. The minimum Gasteiger partial charge on any atom is -0.508 e. The van der Waals surface area contributed by atoms with E-state index in [1.165, 1.54) is 18.2 Å². The highest BCUT2D eigenvalue weighted by atomic mass is 79.9. The van der Waals surface area contributed by atoms with E-state index in [1.807, 2.05) is 0 Å². The van der Waals surface area contributed by atoms with Crippen molar-refractivity contribution in [2.75, 3.05) is 0 Å². The quantitative estimate of drug-likeness (QED) is 0.884. The van der Waals surface area contributed by atoms with Crippen LogP contribution in [0.5, 0.6) is 5.75 Å². The molecule has 0 aliphatic carbocycles. The summed E-state index contributed by atoms with van der Waals surface area (Å²) in [6.07, 6.45) is 0. The normalized spacial score (nSPS) is 12.1. The molecule has 20 heavy (non-hydrogen) atoms. The fourth-order valence-electron chi connectivity index (χ4n) is 1.74. The van der Waals surface area contributed by atoms with Gasteiger partial charge in [-0.25, -0.2) is 4.79 Å². The Morgan fingerprint density at radius 3 is 2.60 bits per heavy atom. The summed E-state index contributed by atoms with van der Waals surface area (Å²) in [5.74, 6) is -0.880. The van der Waals surface area contributed by atoms with Gasteiger partial charge in [-0.05, 0) is 35.9 Å². The molecule has 0 saturated heterocycles. The van der Waals surface area contributed by atoms with Gasteiger partial charge in [0.15, 0.2) is 0 Å². The van der Waals surface area contributed by atoms with E-state index in [0.29, 0.717) is 10.0 Å². The number of phenolic OH excluding ortho intramolecular Hbond substituents is 1. The van der Waals surface area contributed by atoms with Crippen LogP contribution in [0.15, 0.2) is 51.8 Å². The molecule has 0 aromatic heterocycles. The number of hydrogen-bond acceptors (Lipinski definition) is 3. The molecule has 0 bridgehead atoms. The molecular weight excluding hydrogens is 344 g/mol. The Morgan fingerprint density at radius 2 is 1.95 bits per heavy atom. The van der Waals surface area contributed by atoms with Crippen LogP contribution in [0.4, 0.5) is 0 Å². The van der Waals surface area contributed by atoms with E-state index < -0.39 is 16.8 Å². The lowest BCUT2D eigenvalue weighted by molar-refractivity contribution is 0.0693. The van der Waals surface area contributed by atoms with Crippen LogP contribution in [0, 0.1) is 0 Å². The maximum atomic E-state index is 12.3. The standard InChI is InChI=1S/C14H11BrO4S/c15-10-4-5-12(14(17)18)13(7-10)20(19)8-9-2-1-3-11(16)6-9/h1-7,16H,8H2,(H,17,18). The van der Waals surface area contributed by atoms with Crippen LogP contribution in [-0.4, -0.2) is 20.4 Å². The summed E-state index contributed by atoms with van der Waals surface area (Å²) in [5.41, 5.74) is 0.700. The molecule has 2 aromatic carbocycles. The van der Waals surface area contributed by atoms with Gasteiger partial charge in [0.05, 0.1) is 27.0 Å². The number of aromatic hydroxyl groups is 1. The van der Waals surface area contributed by atoms with Crippen LogP contribution in [0.3, 0.4) is 0 Å². The predicted molar refractivity (Wildman–Crippen MR) is 79.3 cm³/mol. The highest BCUT2D eigenvalue weighted by Crippen LogP contribution is 2.23. The van der Waals surface area contributed by atoms with Crippen molar-refractivity contribution in [2.45, 2.75) is 10.6 Å². The molecule has 2 N–H and O–H groups in total. The molecule has 0 radical (unpaired) electrons. The van der Waals surface area contributed by atoms with E-state index in [4.69, 9.17) is 5.11 Å². The largest absolute Gasteiger partial charge is 0.508 e. The van der Waals surface area contributed by atoms with Gasteiger partial charge in [0.2, 0.25) is 0 Å². The molecule has 2 rings (SSSR count). The molecule has 0 saturated carbocycles. The van der Waals surface area contributed by atoms with E-state index in [1.54, 1.807) is 24.3 Å². The van der Waals surface area contributed by atoms with E-state index in [0.717, 1.165) is 0 Å². The first-order valence-corrected chi connectivity index (χ1v) is 7.77. The van der Waals surface area contributed by atoms with Gasteiger partial charge in [-0.3, -0.25) is 4.21 Å². The number of aromatic carboxylic acids is 1. The number of hydrogen-bond donors (Lipinski definition) is 2. The molecule has 0 amide bonds. The number of halogens is 1. The molecule has 6 heteroatoms. The summed E-state index contributed by atoms with van der Waals surface area (Å²) in [6.45, 7) is 0. The van der Waals surface area contributed by atoms with Crippen molar-refractivity contribution >= 4 is 32.7 Å². The lowest BCUT2D eigenvalue weighted by atomic mass is 10.2. The summed E-state index contributed by atoms with van der Waals surface area (Å²) in [5, 5.41) is 18.5. The topological polar surface area (TPSA) is 74.6 Å². The van der Waals surface area contributed by atoms with Crippen LogP contribution in [0.25, 0.3) is 0 Å². The minimum atomic E-state index is -1.51. The second kappa shape index (κ2) is 6.19. The van der Waals surface area contributed by atoms with Crippen molar-refractivity contribution in [2.24, 2.45) is 0 Å². The van der Waals surface area contributed by atoms with Gasteiger partial charge >= 0.3 is 5.97 Å². The molecule has 0 aliphatic rings. The summed E-state index contributed by atoms with van der Waals surface area (Å²) >= 11 is 3.24. The molecular formula is C14H11BrO4S. The molecule has 0 aliphatic heterocycles. The van der Waals surface area contributed by atoms with Crippen molar-refractivity contribution in [3.05, 3.63) is 58.1 Å². The average Bonchev–Trinajstić information content (AvgIpc) is 2.38. The second-order valence-corrected chi connectivity index (χ2v) is 6.44. The Hall–Kier alpha value is -1.66. The van der Waals surface area contributed by atoms with Crippen LogP contribution in [-0.2, 0) is 16.6 Å². The zero-order chi connectivity index (χ0) is 14.7. The fraction of sp³-hybridized carbons (Fsp3) is 0.0714. The highest BCUT2D eigenvalue weighted by molar-refractivity contribution is 9.10. The molecule has 0 heterocycles. The fourth-order valence-corrected chi connectivity index (χ4v) is 3.55. The van der Waals surface area contributed by atoms with Crippen molar-refractivity contribution in [1.82, 2.24) is 0 Å². The Labute approximate surface area is 126 Å². The Kier molecular flexibility index (Phi) is 4.57. The van der Waals surface area contributed by atoms with E-state index in [2.05, 4.69) is 15.9 Å². The molecule has 2 aromatic rings. The van der Waals surface area contributed by atoms with Crippen molar-refractivity contribution < 1.29 is 19.2 Å². The van der Waals surface area contributed by atoms with Gasteiger partial charge in [0.1, 0.15) is 5.75 Å². The lowest BCUT2D eigenvalue weighted by Gasteiger charge is -2.07. The molecule has 0 fully saturated rings. The van der Waals surface area contributed by atoms with Gasteiger partial charge in [0, 0.05) is 4.47 Å². The zero-order valence-electron chi connectivity index (χ0n) is 10.2. The third-order valence-electron chi connectivity index (χ3n) is 2.63. The van der Waals surface area contributed by atoms with Crippen LogP contribution in [0.1, 0.15) is 15.9 Å². The third kappa shape index (κ3) is 3.46. The van der Waals surface area contributed by atoms with Crippen molar-refractivity contribution in [1.29, 1.82) is 0 Å². The molecule has 0 spiro atoms. The highest BCUT2D eigenvalue weighted by Gasteiger charge is 2.16. The number of rotatable bonds is 4. The minimum absolute atomic E-state index is 0.0201. The van der Waals surface area contributed by atoms with Crippen molar-refractivity contribution in [3.63, 3.8) is 0 Å². The first kappa shape index (κ1) is 14.7. The van der Waals surface area contributed by atoms with Crippen LogP contribution >= 0.6 is 15.9 Å². The molecule has 1 atom stereocenters. The first-order valence-electron chi connectivity index (χ1n) is 5.66. The van der Waals surface area contributed by atoms with Crippen molar-refractivity contribution in [3.8, 4) is 5.75 Å². The maximum absolute atomic E-state index is 12.3. The number of benzene rings is 2. The van der Waals surface area contributed by atoms with Gasteiger partial charge in [-0.1, -0.05) is 28.1 Å². The molecule has 4 nitrogen and oxygen atoms in total. The maximum Gasteiger partial charge on any atom is 0.336 e. The number of phenols is 1. The molecule has 104 valence electrons. The first-order chi connectivity index (χ1) is 9.47. The van der Waals surface area contributed by atoms with Gasteiger partial charge < -0.3 is 10.2 Å². The SMILES string of the molecule is O=C(O)c1ccc(Br)cc1S(=O)Cc1cccc(O)c1. The van der Waals surface area contributed by atoms with Crippen LogP contribution in [0.2, 0.25) is 0 Å². The molecule has 1 unspecified atom stereocenters. The van der Waals surface area contributed by atoms with E-state index >= 15 is 0 Å². The summed E-state index contributed by atoms with van der Waals surface area (Å²) in [4.78, 5) is 11.4. The number of carboxylic acids is 1. The monoisotopic (exact) mass is 354 g/mol. The van der Waals surface area contributed by atoms with Crippen LogP contribution < -0.4 is 0 Å². The summed E-state index contributed by atoms with van der Waals surface area (Å²) in [6, 6.07) is 11.0. The number of carbonyl (C=O) groups is 1. The third-order valence-corrected chi connectivity index (χ3v) is 4.54. The van der Waals surface area contributed by atoms with E-state index in [-0.39, 0.29) is 22.0 Å². The van der Waals surface area contributed by atoms with Gasteiger partial charge in [0.25, 0.3) is 0 Å². The van der Waals surface area contributed by atoms with Gasteiger partial charge in [-0.15, -0.1) is 0 Å². The van der Waals surface area contributed by atoms with E-state index in [9.17, 15) is 14.1 Å². The Morgan fingerprint density at radius 1 is 1.20 bits per heavy atom. The lowest BCUT2D eigenvalue weighted by Crippen LogP contribution is -2.06. The smallest absolute Gasteiger partial charge is 0.336 e. The second-order valence-electron chi connectivity index (χ2n) is 4.11. The summed E-state index contributed by atoms with van der Waals surface area (Å²) in [7, 11) is -1.51. The zero-order valence-corrected chi connectivity index (χ0v) is 12.6.